The maximum Gasteiger partial charge on any atom is 0.439 e. The smallest absolute Gasteiger partial charge is 0.338 e. The van der Waals surface area contributed by atoms with E-state index in [1.165, 1.54) is 12.8 Å². The highest BCUT2D eigenvalue weighted by molar-refractivity contribution is 6.30. The summed E-state index contributed by atoms with van der Waals surface area (Å²) in [5.74, 6) is 1.79. The minimum absolute atomic E-state index is 0.0454. The molecule has 1 saturated heterocycles. The van der Waals surface area contributed by atoms with E-state index in [1.54, 1.807) is 12.4 Å². The monoisotopic (exact) mass is 606 g/mol. The van der Waals surface area contributed by atoms with Crippen LogP contribution >= 0.6 is 11.6 Å². The van der Waals surface area contributed by atoms with E-state index in [1.807, 2.05) is 30.9 Å². The first kappa shape index (κ1) is 29.3. The summed E-state index contributed by atoms with van der Waals surface area (Å²) in [6.07, 6.45) is 8.06. The summed E-state index contributed by atoms with van der Waals surface area (Å²) in [6, 6.07) is 3.78. The molecule has 2 aliphatic rings. The van der Waals surface area contributed by atoms with Gasteiger partial charge in [-0.05, 0) is 50.7 Å². The Morgan fingerprint density at radius 2 is 1.79 bits per heavy atom. The topological polar surface area (TPSA) is 126 Å². The standard InChI is InChI=1S/C31H39ClN8O3/c1-17(2)29(41)38-14-19(4)40(20(5)15-38)30-35-24-11-25(28-36-31(42)43-37-28)34-26(22-10-23(32)13-33-12-22)27(24)39(30)16-21-8-6-18(3)7-9-21/h10-13,17-21H,6-9,14-16H2,1-5H3,(H,36,37,42)/t18?,19-,20-,21?/m0/s1. The fourth-order valence-corrected chi connectivity index (χ4v) is 6.92. The molecule has 2 fully saturated rings. The van der Waals surface area contributed by atoms with Crippen molar-refractivity contribution in [2.75, 3.05) is 18.0 Å². The summed E-state index contributed by atoms with van der Waals surface area (Å²) in [4.78, 5) is 46.3. The normalized spacial score (nSPS) is 23.0. The number of aromatic amines is 1. The Balaban J connectivity index is 1.54. The van der Waals surface area contributed by atoms with Gasteiger partial charge in [-0.15, -0.1) is 0 Å². The average Bonchev–Trinajstić information content (AvgIpc) is 3.56. The number of carbonyl (C=O) groups excluding carboxylic acids is 1. The molecular weight excluding hydrogens is 568 g/mol. The van der Waals surface area contributed by atoms with E-state index in [2.05, 4.69) is 45.4 Å². The molecule has 0 radical (unpaired) electrons. The van der Waals surface area contributed by atoms with E-state index in [-0.39, 0.29) is 29.7 Å². The van der Waals surface area contributed by atoms with Crippen molar-refractivity contribution in [3.05, 3.63) is 40.1 Å². The highest BCUT2D eigenvalue weighted by Crippen LogP contribution is 2.38. The first-order valence-corrected chi connectivity index (χ1v) is 15.6. The maximum atomic E-state index is 13.0. The van der Waals surface area contributed by atoms with Gasteiger partial charge in [0, 0.05) is 55.6 Å². The summed E-state index contributed by atoms with van der Waals surface area (Å²) >= 11 is 6.41. The molecule has 0 unspecified atom stereocenters. The van der Waals surface area contributed by atoms with Crippen LogP contribution in [-0.2, 0) is 11.3 Å². The zero-order chi connectivity index (χ0) is 30.4. The van der Waals surface area contributed by atoms with Crippen LogP contribution < -0.4 is 10.7 Å². The third kappa shape index (κ3) is 5.79. The second kappa shape index (κ2) is 11.7. The van der Waals surface area contributed by atoms with Crippen molar-refractivity contribution >= 4 is 34.5 Å². The van der Waals surface area contributed by atoms with Gasteiger partial charge in [0.1, 0.15) is 5.69 Å². The minimum Gasteiger partial charge on any atom is -0.338 e. The molecule has 11 nitrogen and oxygen atoms in total. The Bertz CT molecular complexity index is 1670. The number of imidazole rings is 1. The van der Waals surface area contributed by atoms with Crippen molar-refractivity contribution in [1.29, 1.82) is 0 Å². The molecule has 12 heteroatoms. The number of hydrogen-bond donors (Lipinski definition) is 1. The van der Waals surface area contributed by atoms with Crippen molar-refractivity contribution in [2.24, 2.45) is 17.8 Å². The van der Waals surface area contributed by atoms with Gasteiger partial charge in [-0.25, -0.2) is 14.8 Å². The van der Waals surface area contributed by atoms with E-state index in [4.69, 9.17) is 26.1 Å². The predicted molar refractivity (Wildman–Crippen MR) is 166 cm³/mol. The first-order chi connectivity index (χ1) is 20.6. The van der Waals surface area contributed by atoms with Gasteiger partial charge in [-0.1, -0.05) is 50.4 Å². The third-order valence-corrected chi connectivity index (χ3v) is 9.10. The number of nitrogens with one attached hydrogen (secondary N) is 1. The molecule has 43 heavy (non-hydrogen) atoms. The van der Waals surface area contributed by atoms with Gasteiger partial charge in [-0.2, -0.15) is 0 Å². The van der Waals surface area contributed by atoms with E-state index in [0.29, 0.717) is 35.4 Å². The average molecular weight is 607 g/mol. The number of fused-ring (bicyclic) bond motifs is 1. The predicted octanol–water partition coefficient (Wildman–Crippen LogP) is 5.40. The number of H-pyrrole nitrogens is 1. The minimum atomic E-state index is -0.655. The summed E-state index contributed by atoms with van der Waals surface area (Å²) < 4.78 is 7.12. The second-order valence-electron chi connectivity index (χ2n) is 12.7. The van der Waals surface area contributed by atoms with Gasteiger partial charge >= 0.3 is 5.76 Å². The summed E-state index contributed by atoms with van der Waals surface area (Å²) in [6.45, 7) is 12.6. The van der Waals surface area contributed by atoms with E-state index >= 15 is 0 Å². The number of piperazine rings is 1. The maximum absolute atomic E-state index is 13.0. The van der Waals surface area contributed by atoms with Crippen LogP contribution in [0.1, 0.15) is 60.3 Å². The van der Waals surface area contributed by atoms with Crippen molar-refractivity contribution in [3.63, 3.8) is 0 Å². The molecule has 228 valence electrons. The Hall–Kier alpha value is -3.73. The van der Waals surface area contributed by atoms with E-state index in [9.17, 15) is 9.59 Å². The molecule has 1 aliphatic carbocycles. The molecule has 1 saturated carbocycles. The van der Waals surface area contributed by atoms with Crippen LogP contribution in [0.3, 0.4) is 0 Å². The third-order valence-electron chi connectivity index (χ3n) is 8.90. The summed E-state index contributed by atoms with van der Waals surface area (Å²) in [7, 11) is 0. The zero-order valence-corrected chi connectivity index (χ0v) is 26.1. The van der Waals surface area contributed by atoms with Crippen molar-refractivity contribution in [2.45, 2.75) is 78.9 Å². The van der Waals surface area contributed by atoms with Crippen LogP contribution in [0.4, 0.5) is 5.95 Å². The highest BCUT2D eigenvalue weighted by Gasteiger charge is 2.36. The lowest BCUT2D eigenvalue weighted by molar-refractivity contribution is -0.135. The molecule has 6 rings (SSSR count). The molecule has 4 aromatic heterocycles. The lowest BCUT2D eigenvalue weighted by Crippen LogP contribution is -2.59. The molecule has 0 spiro atoms. The number of carbonyl (C=O) groups is 1. The van der Waals surface area contributed by atoms with Crippen molar-refractivity contribution in [1.82, 2.24) is 34.6 Å². The van der Waals surface area contributed by atoms with Crippen molar-refractivity contribution < 1.29 is 9.32 Å². The largest absolute Gasteiger partial charge is 0.439 e. The van der Waals surface area contributed by atoms with Crippen LogP contribution in [-0.4, -0.2) is 65.6 Å². The molecule has 5 heterocycles. The highest BCUT2D eigenvalue weighted by atomic mass is 35.5. The second-order valence-corrected chi connectivity index (χ2v) is 13.1. The fraction of sp³-hybridized carbons (Fsp3) is 0.548. The van der Waals surface area contributed by atoms with Gasteiger partial charge in [0.25, 0.3) is 0 Å². The van der Waals surface area contributed by atoms with Crippen LogP contribution in [0.15, 0.2) is 33.8 Å². The number of halogens is 1. The summed E-state index contributed by atoms with van der Waals surface area (Å²) in [5, 5.41) is 4.39. The summed E-state index contributed by atoms with van der Waals surface area (Å²) in [5.41, 5.74) is 3.44. The van der Waals surface area contributed by atoms with Gasteiger partial charge < -0.3 is 14.4 Å². The number of aromatic nitrogens is 6. The van der Waals surface area contributed by atoms with E-state index < -0.39 is 5.76 Å². The van der Waals surface area contributed by atoms with Crippen LogP contribution in [0.2, 0.25) is 5.02 Å². The molecule has 1 amide bonds. The Morgan fingerprint density at radius 1 is 1.07 bits per heavy atom. The zero-order valence-electron chi connectivity index (χ0n) is 25.4. The lowest BCUT2D eigenvalue weighted by atomic mass is 9.83. The Labute approximate surface area is 255 Å². The first-order valence-electron chi connectivity index (χ1n) is 15.2. The molecule has 1 aliphatic heterocycles. The van der Waals surface area contributed by atoms with E-state index in [0.717, 1.165) is 47.8 Å². The Morgan fingerprint density at radius 3 is 2.42 bits per heavy atom. The SMILES string of the molecule is CC1CCC(Cn2c(N3[C@@H](C)CN(C(=O)C(C)C)C[C@@H]3C)nc3cc(-c4noc(=O)[nH]4)nc(-c4cncc(Cl)c4)c32)CC1. The lowest BCUT2D eigenvalue weighted by Gasteiger charge is -2.45. The molecule has 0 bridgehead atoms. The number of amides is 1. The number of hydrogen-bond acceptors (Lipinski definition) is 8. The van der Waals surface area contributed by atoms with Crippen LogP contribution in [0.25, 0.3) is 33.8 Å². The molecular formula is C31H39ClN8O3. The Kier molecular flexibility index (Phi) is 8.02. The number of rotatable bonds is 6. The molecule has 1 N–H and O–H groups in total. The molecule has 0 aromatic carbocycles. The van der Waals surface area contributed by atoms with Gasteiger partial charge in [0.2, 0.25) is 17.7 Å². The van der Waals surface area contributed by atoms with Gasteiger partial charge in [-0.3, -0.25) is 19.3 Å². The number of pyridine rings is 2. The fourth-order valence-electron chi connectivity index (χ4n) is 6.75. The van der Waals surface area contributed by atoms with Gasteiger partial charge in [0.15, 0.2) is 0 Å². The number of anilines is 1. The van der Waals surface area contributed by atoms with Crippen molar-refractivity contribution in [3.8, 4) is 22.8 Å². The molecule has 2 atom stereocenters. The molecule has 4 aromatic rings. The van der Waals surface area contributed by atoms with Gasteiger partial charge in [0.05, 0.1) is 21.7 Å². The quantitative estimate of drug-likeness (QED) is 0.309. The van der Waals surface area contributed by atoms with Crippen LogP contribution in [0, 0.1) is 17.8 Å². The number of nitrogens with zero attached hydrogens (tertiary/aromatic N) is 7. The van der Waals surface area contributed by atoms with Crippen LogP contribution in [0.5, 0.6) is 0 Å².